The fourth-order valence-electron chi connectivity index (χ4n) is 2.72. The average Bonchev–Trinajstić information content (AvgIpc) is 2.46. The Hall–Kier alpha value is -1.43. The summed E-state index contributed by atoms with van der Waals surface area (Å²) in [5.74, 6) is 0.777. The molecule has 1 atom stereocenters. The minimum absolute atomic E-state index is 0. The zero-order valence-electron chi connectivity index (χ0n) is 12.1. The summed E-state index contributed by atoms with van der Waals surface area (Å²) in [6.45, 7) is 6.28. The van der Waals surface area contributed by atoms with Crippen molar-refractivity contribution in [3.8, 4) is 0 Å². The lowest BCUT2D eigenvalue weighted by Gasteiger charge is -2.33. The van der Waals surface area contributed by atoms with E-state index in [0.29, 0.717) is 11.4 Å². The molecule has 0 spiro atoms. The molecule has 0 amide bonds. The second kappa shape index (κ2) is 7.02. The molecule has 0 aliphatic carbocycles. The fraction of sp³-hybridized carbons (Fsp3) is 0.467. The van der Waals surface area contributed by atoms with Gasteiger partial charge in [-0.2, -0.15) is 0 Å². The van der Waals surface area contributed by atoms with E-state index < -0.39 is 0 Å². The third kappa shape index (κ3) is 3.61. The topological polar surface area (TPSA) is 61.0 Å². The van der Waals surface area contributed by atoms with Gasteiger partial charge in [-0.05, 0) is 19.1 Å². The van der Waals surface area contributed by atoms with E-state index in [1.165, 1.54) is 0 Å². The van der Waals surface area contributed by atoms with Crippen LogP contribution in [0.15, 0.2) is 29.1 Å². The summed E-state index contributed by atoms with van der Waals surface area (Å²) in [5.41, 5.74) is 0.735. The molecular weight excluding hydrogens is 288 g/mol. The Morgan fingerprint density at radius 3 is 3.00 bits per heavy atom. The number of rotatable bonds is 3. The zero-order valence-corrected chi connectivity index (χ0v) is 12.9. The molecule has 1 aromatic heterocycles. The van der Waals surface area contributed by atoms with Crippen molar-refractivity contribution in [2.24, 2.45) is 0 Å². The van der Waals surface area contributed by atoms with Gasteiger partial charge in [0.25, 0.3) is 5.56 Å². The minimum Gasteiger partial charge on any atom is -0.314 e. The molecular formula is C15H21ClN4O. The summed E-state index contributed by atoms with van der Waals surface area (Å²) in [4.78, 5) is 21.9. The summed E-state index contributed by atoms with van der Waals surface area (Å²) in [5, 5.41) is 4.04. The van der Waals surface area contributed by atoms with E-state index in [-0.39, 0.29) is 18.0 Å². The molecule has 0 bridgehead atoms. The van der Waals surface area contributed by atoms with Gasteiger partial charge in [-0.25, -0.2) is 4.98 Å². The third-order valence-corrected chi connectivity index (χ3v) is 3.94. The highest BCUT2D eigenvalue weighted by molar-refractivity contribution is 5.85. The van der Waals surface area contributed by atoms with Crippen LogP contribution in [0, 0.1) is 0 Å². The van der Waals surface area contributed by atoms with Crippen molar-refractivity contribution in [2.45, 2.75) is 19.4 Å². The molecule has 0 radical (unpaired) electrons. The van der Waals surface area contributed by atoms with Crippen molar-refractivity contribution in [3.05, 3.63) is 40.4 Å². The first-order valence-corrected chi connectivity index (χ1v) is 7.17. The lowest BCUT2D eigenvalue weighted by atomic mass is 10.2. The van der Waals surface area contributed by atoms with Gasteiger partial charge in [-0.15, -0.1) is 12.4 Å². The normalized spacial score (nSPS) is 19.4. The Labute approximate surface area is 130 Å². The van der Waals surface area contributed by atoms with E-state index in [2.05, 4.69) is 27.1 Å². The first kappa shape index (κ1) is 15.9. The van der Waals surface area contributed by atoms with Gasteiger partial charge in [0.2, 0.25) is 0 Å². The zero-order chi connectivity index (χ0) is 13.9. The van der Waals surface area contributed by atoms with Gasteiger partial charge >= 0.3 is 0 Å². The molecule has 2 aromatic rings. The molecule has 114 valence electrons. The van der Waals surface area contributed by atoms with Crippen LogP contribution in [0.25, 0.3) is 10.9 Å². The minimum atomic E-state index is -0.0426. The van der Waals surface area contributed by atoms with Gasteiger partial charge in [-0.1, -0.05) is 12.1 Å². The van der Waals surface area contributed by atoms with Crippen molar-refractivity contribution in [1.29, 1.82) is 0 Å². The number of para-hydroxylation sites is 1. The molecule has 1 aromatic carbocycles. The van der Waals surface area contributed by atoms with E-state index in [4.69, 9.17) is 0 Å². The Morgan fingerprint density at radius 1 is 1.38 bits per heavy atom. The molecule has 6 heteroatoms. The van der Waals surface area contributed by atoms with E-state index in [0.717, 1.165) is 43.9 Å². The molecule has 2 heterocycles. The van der Waals surface area contributed by atoms with E-state index in [1.54, 1.807) is 0 Å². The number of hydrogen-bond acceptors (Lipinski definition) is 4. The fourth-order valence-corrected chi connectivity index (χ4v) is 2.72. The Bertz CT molecular complexity index is 657. The Morgan fingerprint density at radius 2 is 2.19 bits per heavy atom. The lowest BCUT2D eigenvalue weighted by molar-refractivity contribution is 0.175. The monoisotopic (exact) mass is 308 g/mol. The van der Waals surface area contributed by atoms with Gasteiger partial charge in [0.1, 0.15) is 5.82 Å². The predicted octanol–water partition coefficient (Wildman–Crippen LogP) is 1.18. The summed E-state index contributed by atoms with van der Waals surface area (Å²) >= 11 is 0. The molecule has 5 nitrogen and oxygen atoms in total. The molecule has 21 heavy (non-hydrogen) atoms. The summed E-state index contributed by atoms with van der Waals surface area (Å²) in [6.07, 6.45) is 0.782. The van der Waals surface area contributed by atoms with E-state index in [9.17, 15) is 4.79 Å². The summed E-state index contributed by atoms with van der Waals surface area (Å²) < 4.78 is 0. The van der Waals surface area contributed by atoms with Crippen LogP contribution in [0.4, 0.5) is 0 Å². The maximum absolute atomic E-state index is 12.0. The quantitative estimate of drug-likeness (QED) is 0.894. The number of H-pyrrole nitrogens is 1. The summed E-state index contributed by atoms with van der Waals surface area (Å²) in [7, 11) is 0. The largest absolute Gasteiger partial charge is 0.314 e. The highest BCUT2D eigenvalue weighted by atomic mass is 35.5. The lowest BCUT2D eigenvalue weighted by Crippen LogP contribution is -2.50. The standard InChI is InChI=1S/C15H20N4O.ClH/c1-11-10-16-7-9-19(11)8-6-14-17-13-5-3-2-4-12(13)15(20)18-14;/h2-5,11,16H,6-10H2,1H3,(H,17,18,20);1H/t11-;/m0./s1. The number of aromatic amines is 1. The molecule has 1 saturated heterocycles. The van der Waals surface area contributed by atoms with Gasteiger partial charge in [0.15, 0.2) is 0 Å². The predicted molar refractivity (Wildman–Crippen MR) is 87.2 cm³/mol. The van der Waals surface area contributed by atoms with Crippen molar-refractivity contribution in [1.82, 2.24) is 20.2 Å². The molecule has 0 unspecified atom stereocenters. The van der Waals surface area contributed by atoms with Crippen LogP contribution >= 0.6 is 12.4 Å². The van der Waals surface area contributed by atoms with Gasteiger partial charge in [0, 0.05) is 38.6 Å². The molecule has 1 aliphatic rings. The average molecular weight is 309 g/mol. The summed E-state index contributed by atoms with van der Waals surface area (Å²) in [6, 6.07) is 8.01. The Balaban J connectivity index is 0.00000161. The number of hydrogen-bond donors (Lipinski definition) is 2. The van der Waals surface area contributed by atoms with Crippen LogP contribution in [-0.2, 0) is 6.42 Å². The van der Waals surface area contributed by atoms with E-state index in [1.807, 2.05) is 24.3 Å². The number of nitrogens with one attached hydrogen (secondary N) is 2. The van der Waals surface area contributed by atoms with Gasteiger partial charge in [0.05, 0.1) is 10.9 Å². The Kier molecular flexibility index (Phi) is 5.33. The molecule has 0 saturated carbocycles. The highest BCUT2D eigenvalue weighted by Gasteiger charge is 2.17. The van der Waals surface area contributed by atoms with Crippen LogP contribution in [-0.4, -0.2) is 47.1 Å². The molecule has 1 fully saturated rings. The number of benzene rings is 1. The van der Waals surface area contributed by atoms with Crippen LogP contribution in [0.5, 0.6) is 0 Å². The first-order valence-electron chi connectivity index (χ1n) is 7.17. The van der Waals surface area contributed by atoms with Gasteiger partial charge < -0.3 is 10.3 Å². The van der Waals surface area contributed by atoms with Crippen molar-refractivity contribution in [3.63, 3.8) is 0 Å². The first-order chi connectivity index (χ1) is 9.74. The van der Waals surface area contributed by atoms with Crippen molar-refractivity contribution < 1.29 is 0 Å². The smallest absolute Gasteiger partial charge is 0.258 e. The maximum Gasteiger partial charge on any atom is 0.258 e. The van der Waals surface area contributed by atoms with Crippen LogP contribution < -0.4 is 10.9 Å². The number of halogens is 1. The van der Waals surface area contributed by atoms with Crippen molar-refractivity contribution >= 4 is 23.3 Å². The number of nitrogens with zero attached hydrogens (tertiary/aromatic N) is 2. The van der Waals surface area contributed by atoms with Crippen LogP contribution in [0.1, 0.15) is 12.7 Å². The van der Waals surface area contributed by atoms with Crippen molar-refractivity contribution in [2.75, 3.05) is 26.2 Å². The number of aromatic nitrogens is 2. The second-order valence-corrected chi connectivity index (χ2v) is 5.37. The molecule has 2 N–H and O–H groups in total. The highest BCUT2D eigenvalue weighted by Crippen LogP contribution is 2.07. The molecule has 3 rings (SSSR count). The second-order valence-electron chi connectivity index (χ2n) is 5.37. The van der Waals surface area contributed by atoms with E-state index >= 15 is 0 Å². The SMILES string of the molecule is C[C@H]1CNCCN1CCc1nc2ccccc2c(=O)[nH]1.Cl. The molecule has 1 aliphatic heterocycles. The van der Waals surface area contributed by atoms with Crippen LogP contribution in [0.2, 0.25) is 0 Å². The third-order valence-electron chi connectivity index (χ3n) is 3.94. The maximum atomic E-state index is 12.0. The number of fused-ring (bicyclic) bond motifs is 1. The van der Waals surface area contributed by atoms with Gasteiger partial charge in [-0.3, -0.25) is 9.69 Å². The number of piperazine rings is 1. The van der Waals surface area contributed by atoms with Crippen LogP contribution in [0.3, 0.4) is 0 Å².